The highest BCUT2D eigenvalue weighted by Gasteiger charge is 2.15. The van der Waals surface area contributed by atoms with Gasteiger partial charge in [0.15, 0.2) is 0 Å². The van der Waals surface area contributed by atoms with E-state index in [4.69, 9.17) is 0 Å². The van der Waals surface area contributed by atoms with E-state index in [2.05, 4.69) is 229 Å². The lowest BCUT2D eigenvalue weighted by molar-refractivity contribution is 1.28. The van der Waals surface area contributed by atoms with Gasteiger partial charge in [0.05, 0.1) is 0 Å². The van der Waals surface area contributed by atoms with E-state index in [0.717, 1.165) is 17.1 Å². The molecule has 0 aromatic heterocycles. The summed E-state index contributed by atoms with van der Waals surface area (Å²) in [7, 11) is 0. The zero-order valence-corrected chi connectivity index (χ0v) is 30.3. The molecule has 0 saturated heterocycles. The van der Waals surface area contributed by atoms with Crippen LogP contribution in [-0.2, 0) is 0 Å². The lowest BCUT2D eigenvalue weighted by Gasteiger charge is -2.26. The van der Waals surface area contributed by atoms with Crippen LogP contribution < -0.4 is 4.90 Å². The Morgan fingerprint density at radius 1 is 0.218 bits per heavy atom. The molecule has 1 nitrogen and oxygen atoms in total. The highest BCUT2D eigenvalue weighted by Crippen LogP contribution is 2.40. The minimum absolute atomic E-state index is 1.10. The van der Waals surface area contributed by atoms with Crippen molar-refractivity contribution in [2.75, 3.05) is 4.90 Å². The van der Waals surface area contributed by atoms with E-state index in [1.165, 1.54) is 76.8 Å². The molecule has 0 unspecified atom stereocenters. The molecule has 0 atom stereocenters. The number of anilines is 3. The molecule has 0 saturated carbocycles. The van der Waals surface area contributed by atoms with E-state index in [1.807, 2.05) is 0 Å². The third-order valence-electron chi connectivity index (χ3n) is 10.9. The predicted molar refractivity (Wildman–Crippen MR) is 235 cm³/mol. The van der Waals surface area contributed by atoms with Crippen LogP contribution in [0.2, 0.25) is 0 Å². The minimum Gasteiger partial charge on any atom is -0.311 e. The van der Waals surface area contributed by atoms with Crippen LogP contribution in [0.1, 0.15) is 0 Å². The normalized spacial score (nSPS) is 11.3. The van der Waals surface area contributed by atoms with Gasteiger partial charge in [-0.2, -0.15) is 0 Å². The van der Waals surface area contributed by atoms with E-state index in [-0.39, 0.29) is 0 Å². The van der Waals surface area contributed by atoms with Crippen molar-refractivity contribution >= 4 is 49.4 Å². The van der Waals surface area contributed by atoms with Gasteiger partial charge >= 0.3 is 0 Å². The summed E-state index contributed by atoms with van der Waals surface area (Å²) in [6, 6.07) is 81.3. The van der Waals surface area contributed by atoms with Gasteiger partial charge < -0.3 is 4.90 Å². The topological polar surface area (TPSA) is 3.24 Å². The molecule has 0 spiro atoms. The van der Waals surface area contributed by atoms with Crippen LogP contribution in [0, 0.1) is 0 Å². The molecule has 0 aliphatic carbocycles. The van der Waals surface area contributed by atoms with Crippen LogP contribution in [0.4, 0.5) is 17.1 Å². The molecule has 0 radical (unpaired) electrons. The van der Waals surface area contributed by atoms with E-state index in [9.17, 15) is 0 Å². The standard InChI is InChI=1S/C54H37N/c1-2-11-38(12-3-1)39-21-23-40(24-22-39)41-25-31-46(32-26-41)55(47-33-27-43(28-34-47)50-20-10-15-42-13-4-6-16-49(42)50)48-35-29-44(30-36-48)54-37-45-14-5-7-17-51(45)52-18-8-9-19-53(52)54/h1-37H. The maximum Gasteiger partial charge on any atom is 0.0462 e. The van der Waals surface area contributed by atoms with Gasteiger partial charge in [0, 0.05) is 17.1 Å². The number of rotatable bonds is 7. The second-order valence-electron chi connectivity index (χ2n) is 14.1. The van der Waals surface area contributed by atoms with Crippen molar-refractivity contribution in [3.05, 3.63) is 224 Å². The molecule has 10 aromatic rings. The number of hydrogen-bond acceptors (Lipinski definition) is 1. The largest absolute Gasteiger partial charge is 0.311 e. The first-order chi connectivity index (χ1) is 27.3. The number of fused-ring (bicyclic) bond motifs is 4. The molecule has 0 aliphatic rings. The van der Waals surface area contributed by atoms with Crippen LogP contribution in [0.25, 0.3) is 76.8 Å². The lowest BCUT2D eigenvalue weighted by Crippen LogP contribution is -2.09. The highest BCUT2D eigenvalue weighted by atomic mass is 15.1. The summed E-state index contributed by atoms with van der Waals surface area (Å²) in [5, 5.41) is 7.60. The van der Waals surface area contributed by atoms with Gasteiger partial charge in [0.1, 0.15) is 0 Å². The maximum absolute atomic E-state index is 2.36. The Kier molecular flexibility index (Phi) is 8.24. The number of nitrogens with zero attached hydrogens (tertiary/aromatic N) is 1. The van der Waals surface area contributed by atoms with Crippen LogP contribution in [0.3, 0.4) is 0 Å². The third kappa shape index (κ3) is 6.12. The van der Waals surface area contributed by atoms with E-state index in [1.54, 1.807) is 0 Å². The summed E-state index contributed by atoms with van der Waals surface area (Å²) in [6.07, 6.45) is 0. The molecule has 1 heteroatoms. The summed E-state index contributed by atoms with van der Waals surface area (Å²) < 4.78 is 0. The third-order valence-corrected chi connectivity index (χ3v) is 10.9. The molecule has 0 aliphatic heterocycles. The Balaban J connectivity index is 1.03. The Morgan fingerprint density at radius 2 is 0.618 bits per heavy atom. The van der Waals surface area contributed by atoms with Gasteiger partial charge in [-0.3, -0.25) is 0 Å². The first kappa shape index (κ1) is 32.4. The van der Waals surface area contributed by atoms with Crippen molar-refractivity contribution in [1.29, 1.82) is 0 Å². The van der Waals surface area contributed by atoms with Crippen LogP contribution in [0.5, 0.6) is 0 Å². The zero-order valence-electron chi connectivity index (χ0n) is 30.3. The van der Waals surface area contributed by atoms with Gasteiger partial charge in [-0.1, -0.05) is 182 Å². The fourth-order valence-corrected chi connectivity index (χ4v) is 8.09. The molecule has 0 heterocycles. The fourth-order valence-electron chi connectivity index (χ4n) is 8.09. The van der Waals surface area contributed by atoms with Gasteiger partial charge in [0.25, 0.3) is 0 Å². The average Bonchev–Trinajstić information content (AvgIpc) is 3.27. The SMILES string of the molecule is c1ccc(-c2ccc(-c3ccc(N(c4ccc(-c5cccc6ccccc56)cc4)c4ccc(-c5cc6ccccc6c6ccccc56)cc4)cc3)cc2)cc1. The highest BCUT2D eigenvalue weighted by molar-refractivity contribution is 6.13. The van der Waals surface area contributed by atoms with E-state index < -0.39 is 0 Å². The van der Waals surface area contributed by atoms with Crippen molar-refractivity contribution in [3.8, 4) is 44.5 Å². The molecule has 10 rings (SSSR count). The monoisotopic (exact) mass is 699 g/mol. The molecule has 258 valence electrons. The summed E-state index contributed by atoms with van der Waals surface area (Å²) in [5.41, 5.74) is 13.0. The molecule has 55 heavy (non-hydrogen) atoms. The van der Waals surface area contributed by atoms with Crippen molar-refractivity contribution in [2.24, 2.45) is 0 Å². The molecule has 0 bridgehead atoms. The van der Waals surface area contributed by atoms with E-state index >= 15 is 0 Å². The molecule has 0 amide bonds. The summed E-state index contributed by atoms with van der Waals surface area (Å²) in [5.74, 6) is 0. The van der Waals surface area contributed by atoms with Crippen molar-refractivity contribution in [1.82, 2.24) is 0 Å². The van der Waals surface area contributed by atoms with Gasteiger partial charge in [-0.05, 0) is 119 Å². The van der Waals surface area contributed by atoms with Crippen LogP contribution in [0.15, 0.2) is 224 Å². The van der Waals surface area contributed by atoms with Crippen LogP contribution in [-0.4, -0.2) is 0 Å². The molecule has 0 fully saturated rings. The van der Waals surface area contributed by atoms with Crippen molar-refractivity contribution in [3.63, 3.8) is 0 Å². The predicted octanol–water partition coefficient (Wildman–Crippen LogP) is 15.3. The Labute approximate surface area is 322 Å². The smallest absolute Gasteiger partial charge is 0.0462 e. The average molecular weight is 700 g/mol. The Hall–Kier alpha value is -7.22. The van der Waals surface area contributed by atoms with Crippen molar-refractivity contribution in [2.45, 2.75) is 0 Å². The first-order valence-corrected chi connectivity index (χ1v) is 18.9. The number of benzene rings is 10. The Morgan fingerprint density at radius 3 is 1.22 bits per heavy atom. The summed E-state index contributed by atoms with van der Waals surface area (Å²) >= 11 is 0. The molecular formula is C54H37N. The first-order valence-electron chi connectivity index (χ1n) is 18.9. The van der Waals surface area contributed by atoms with Gasteiger partial charge in [-0.25, -0.2) is 0 Å². The maximum atomic E-state index is 2.36. The van der Waals surface area contributed by atoms with Crippen molar-refractivity contribution < 1.29 is 0 Å². The van der Waals surface area contributed by atoms with Gasteiger partial charge in [0.2, 0.25) is 0 Å². The quantitative estimate of drug-likeness (QED) is 0.150. The van der Waals surface area contributed by atoms with Gasteiger partial charge in [-0.15, -0.1) is 0 Å². The molecule has 0 N–H and O–H groups in total. The summed E-state index contributed by atoms with van der Waals surface area (Å²) in [4.78, 5) is 2.36. The second kappa shape index (κ2) is 14.0. The molecular weight excluding hydrogens is 663 g/mol. The zero-order chi connectivity index (χ0) is 36.6. The Bertz CT molecular complexity index is 2920. The van der Waals surface area contributed by atoms with Crippen LogP contribution >= 0.6 is 0 Å². The minimum atomic E-state index is 1.10. The number of hydrogen-bond donors (Lipinski definition) is 0. The lowest BCUT2D eigenvalue weighted by atomic mass is 9.93. The summed E-state index contributed by atoms with van der Waals surface area (Å²) in [6.45, 7) is 0. The van der Waals surface area contributed by atoms with E-state index in [0.29, 0.717) is 0 Å². The second-order valence-corrected chi connectivity index (χ2v) is 14.1. The fraction of sp³-hybridized carbons (Fsp3) is 0. The molecule has 10 aromatic carbocycles.